The summed E-state index contributed by atoms with van der Waals surface area (Å²) in [6, 6.07) is 1.17. The number of aromatic nitrogens is 1. The molecule has 1 fully saturated rings. The molecule has 27 heavy (non-hydrogen) atoms. The van der Waals surface area contributed by atoms with E-state index in [1.54, 1.807) is 11.3 Å². The number of hydrogen-bond acceptors (Lipinski definition) is 4. The van der Waals surface area contributed by atoms with Gasteiger partial charge in [0, 0.05) is 55.5 Å². The Bertz CT molecular complexity index is 571. The molecule has 2 rings (SSSR count). The molecule has 1 saturated heterocycles. The monoisotopic (exact) mass is 507 g/mol. The number of thiazole rings is 1. The molecule has 0 aromatic carbocycles. The number of halogens is 1. The van der Waals surface area contributed by atoms with Crippen molar-refractivity contribution in [2.45, 2.75) is 78.3 Å². The maximum atomic E-state index is 4.78. The van der Waals surface area contributed by atoms with Gasteiger partial charge in [-0.1, -0.05) is 20.8 Å². The Hall–Kier alpha value is -0.410. The van der Waals surface area contributed by atoms with Crippen molar-refractivity contribution in [2.24, 2.45) is 4.99 Å². The minimum Gasteiger partial charge on any atom is -0.357 e. The smallest absolute Gasteiger partial charge is 0.191 e. The maximum Gasteiger partial charge on any atom is 0.191 e. The molecule has 1 aliphatic rings. The third-order valence-electron chi connectivity index (χ3n) is 4.86. The first kappa shape index (κ1) is 24.6. The van der Waals surface area contributed by atoms with Crippen molar-refractivity contribution in [1.29, 1.82) is 0 Å². The zero-order valence-corrected chi connectivity index (χ0v) is 21.0. The lowest BCUT2D eigenvalue weighted by molar-refractivity contribution is 0.167. The first-order chi connectivity index (χ1) is 12.3. The zero-order valence-electron chi connectivity index (χ0n) is 17.8. The first-order valence-corrected chi connectivity index (χ1v) is 10.9. The van der Waals surface area contributed by atoms with Crippen molar-refractivity contribution >= 4 is 41.3 Å². The highest BCUT2D eigenvalue weighted by Crippen LogP contribution is 2.24. The minimum absolute atomic E-state index is 0. The van der Waals surface area contributed by atoms with Crippen LogP contribution in [0.15, 0.2) is 10.4 Å². The molecule has 2 heterocycles. The number of hydrogen-bond donors (Lipinski definition) is 2. The van der Waals surface area contributed by atoms with Crippen molar-refractivity contribution in [3.63, 3.8) is 0 Å². The van der Waals surface area contributed by atoms with Gasteiger partial charge in [0.15, 0.2) is 5.96 Å². The van der Waals surface area contributed by atoms with Gasteiger partial charge in [0.25, 0.3) is 0 Å². The van der Waals surface area contributed by atoms with Gasteiger partial charge >= 0.3 is 0 Å². The first-order valence-electron chi connectivity index (χ1n) is 10.0. The molecule has 0 unspecified atom stereocenters. The fraction of sp³-hybridized carbons (Fsp3) is 0.800. The molecule has 2 N–H and O–H groups in total. The minimum atomic E-state index is 0. The third kappa shape index (κ3) is 8.23. The Labute approximate surface area is 186 Å². The maximum absolute atomic E-state index is 4.78. The van der Waals surface area contributed by atoms with Crippen LogP contribution < -0.4 is 10.6 Å². The number of aliphatic imine (C=N–C) groups is 1. The molecule has 0 amide bonds. The normalized spacial score (nSPS) is 17.1. The Morgan fingerprint density at radius 3 is 2.52 bits per heavy atom. The molecule has 156 valence electrons. The predicted octanol–water partition coefficient (Wildman–Crippen LogP) is 4.03. The molecule has 0 saturated carbocycles. The number of rotatable bonds is 6. The Balaban J connectivity index is 0.00000364. The van der Waals surface area contributed by atoms with Crippen LogP contribution in [0.5, 0.6) is 0 Å². The van der Waals surface area contributed by atoms with E-state index >= 15 is 0 Å². The van der Waals surface area contributed by atoms with Gasteiger partial charge in [-0.05, 0) is 33.6 Å². The van der Waals surface area contributed by atoms with E-state index in [1.165, 1.54) is 36.6 Å². The third-order valence-corrected chi connectivity index (χ3v) is 5.77. The SMILES string of the molecule is CCNC(=NCCc1nc(C(C)(C)C)cs1)NC1CCN(C(C)C)CC1.I. The number of likely N-dealkylation sites (tertiary alicyclic amines) is 1. The summed E-state index contributed by atoms with van der Waals surface area (Å²) in [4.78, 5) is 12.1. The van der Waals surface area contributed by atoms with Crippen molar-refractivity contribution in [2.75, 3.05) is 26.2 Å². The molecule has 1 aromatic rings. The summed E-state index contributed by atoms with van der Waals surface area (Å²) in [7, 11) is 0. The Kier molecular flexibility index (Phi) is 10.5. The van der Waals surface area contributed by atoms with E-state index in [4.69, 9.17) is 9.98 Å². The lowest BCUT2D eigenvalue weighted by Gasteiger charge is -2.35. The summed E-state index contributed by atoms with van der Waals surface area (Å²) in [6.07, 6.45) is 3.27. The average molecular weight is 508 g/mol. The largest absolute Gasteiger partial charge is 0.357 e. The lowest BCUT2D eigenvalue weighted by Crippen LogP contribution is -2.49. The molecule has 1 aromatic heterocycles. The molecule has 0 aliphatic carbocycles. The molecule has 0 spiro atoms. The second-order valence-electron chi connectivity index (χ2n) is 8.44. The Morgan fingerprint density at radius 1 is 1.33 bits per heavy atom. The highest BCUT2D eigenvalue weighted by atomic mass is 127. The fourth-order valence-electron chi connectivity index (χ4n) is 3.11. The van der Waals surface area contributed by atoms with Crippen LogP contribution in [0.4, 0.5) is 0 Å². The van der Waals surface area contributed by atoms with Gasteiger partial charge in [0.1, 0.15) is 0 Å². The van der Waals surface area contributed by atoms with E-state index in [9.17, 15) is 0 Å². The van der Waals surface area contributed by atoms with E-state index in [1.807, 2.05) is 0 Å². The van der Waals surface area contributed by atoms with Crippen LogP contribution in [0.2, 0.25) is 0 Å². The summed E-state index contributed by atoms with van der Waals surface area (Å²) in [5.41, 5.74) is 1.31. The molecular weight excluding hydrogens is 469 g/mol. The second kappa shape index (κ2) is 11.6. The van der Waals surface area contributed by atoms with Crippen molar-refractivity contribution < 1.29 is 0 Å². The van der Waals surface area contributed by atoms with Gasteiger partial charge in [-0.2, -0.15) is 0 Å². The summed E-state index contributed by atoms with van der Waals surface area (Å²) in [5.74, 6) is 0.947. The predicted molar refractivity (Wildman–Crippen MR) is 129 cm³/mol. The van der Waals surface area contributed by atoms with E-state index in [-0.39, 0.29) is 29.4 Å². The fourth-order valence-corrected chi connectivity index (χ4v) is 4.12. The summed E-state index contributed by atoms with van der Waals surface area (Å²) < 4.78 is 0. The molecule has 1 aliphatic heterocycles. The van der Waals surface area contributed by atoms with Gasteiger partial charge in [0.05, 0.1) is 10.7 Å². The number of guanidine groups is 1. The highest BCUT2D eigenvalue weighted by Gasteiger charge is 2.21. The standard InChI is InChI=1S/C20H37N5S.HI/c1-7-21-19(23-16-9-12-25(13-10-16)15(2)3)22-11-8-18-24-17(14-26-18)20(4,5)6;/h14-16H,7-13H2,1-6H3,(H2,21,22,23);1H. The second-order valence-corrected chi connectivity index (χ2v) is 9.38. The number of nitrogens with zero attached hydrogens (tertiary/aromatic N) is 3. The van der Waals surface area contributed by atoms with Crippen molar-refractivity contribution in [3.05, 3.63) is 16.1 Å². The molecule has 7 heteroatoms. The van der Waals surface area contributed by atoms with Crippen LogP contribution in [-0.2, 0) is 11.8 Å². The van der Waals surface area contributed by atoms with Crippen LogP contribution in [0.1, 0.15) is 65.1 Å². The van der Waals surface area contributed by atoms with E-state index in [2.05, 4.69) is 62.5 Å². The van der Waals surface area contributed by atoms with E-state index in [0.717, 1.165) is 25.5 Å². The summed E-state index contributed by atoms with van der Waals surface area (Å²) in [5, 5.41) is 10.4. The summed E-state index contributed by atoms with van der Waals surface area (Å²) >= 11 is 1.75. The molecular formula is C20H38IN5S. The van der Waals surface area contributed by atoms with E-state index < -0.39 is 0 Å². The molecule has 0 atom stereocenters. The number of nitrogens with one attached hydrogen (secondary N) is 2. The van der Waals surface area contributed by atoms with Gasteiger partial charge in [-0.25, -0.2) is 4.98 Å². The molecule has 0 bridgehead atoms. The van der Waals surface area contributed by atoms with Crippen LogP contribution in [-0.4, -0.2) is 54.1 Å². The van der Waals surface area contributed by atoms with Crippen LogP contribution in [0, 0.1) is 0 Å². The van der Waals surface area contributed by atoms with Gasteiger partial charge in [-0.3, -0.25) is 4.99 Å². The van der Waals surface area contributed by atoms with Crippen LogP contribution in [0.25, 0.3) is 0 Å². The lowest BCUT2D eigenvalue weighted by atomic mass is 9.93. The molecule has 5 nitrogen and oxygen atoms in total. The van der Waals surface area contributed by atoms with Crippen molar-refractivity contribution in [3.8, 4) is 0 Å². The highest BCUT2D eigenvalue weighted by molar-refractivity contribution is 14.0. The topological polar surface area (TPSA) is 52.6 Å². The van der Waals surface area contributed by atoms with Gasteiger partial charge < -0.3 is 15.5 Å². The summed E-state index contributed by atoms with van der Waals surface area (Å²) in [6.45, 7) is 17.3. The van der Waals surface area contributed by atoms with Gasteiger partial charge in [0.2, 0.25) is 0 Å². The number of piperidine rings is 1. The Morgan fingerprint density at radius 2 is 2.00 bits per heavy atom. The van der Waals surface area contributed by atoms with Gasteiger partial charge in [-0.15, -0.1) is 35.3 Å². The zero-order chi connectivity index (χ0) is 19.2. The van der Waals surface area contributed by atoms with Crippen LogP contribution >= 0.6 is 35.3 Å². The van der Waals surface area contributed by atoms with Crippen LogP contribution in [0.3, 0.4) is 0 Å². The average Bonchev–Trinajstić information content (AvgIpc) is 3.05. The van der Waals surface area contributed by atoms with E-state index in [0.29, 0.717) is 12.1 Å². The quantitative estimate of drug-likeness (QED) is 0.347. The molecule has 0 radical (unpaired) electrons. The van der Waals surface area contributed by atoms with Crippen molar-refractivity contribution in [1.82, 2.24) is 20.5 Å².